The molecule has 3 aromatic rings. The minimum atomic E-state index is -0.833. The van der Waals surface area contributed by atoms with E-state index in [0.29, 0.717) is 24.0 Å². The number of rotatable bonds is 2. The number of phenols is 1. The second kappa shape index (κ2) is 7.97. The highest BCUT2D eigenvalue weighted by atomic mass is 127. The molecule has 0 saturated heterocycles. The van der Waals surface area contributed by atoms with Crippen molar-refractivity contribution in [1.82, 2.24) is 0 Å². The normalized spacial score (nSPS) is 10.1. The van der Waals surface area contributed by atoms with Gasteiger partial charge in [-0.1, -0.05) is 18.2 Å². The molecule has 7 heteroatoms. The lowest BCUT2D eigenvalue weighted by Gasteiger charge is -2.03. The molecule has 1 heterocycles. The highest BCUT2D eigenvalue weighted by molar-refractivity contribution is 14.1. The van der Waals surface area contributed by atoms with Crippen molar-refractivity contribution in [3.8, 4) is 5.75 Å². The molecule has 0 aliphatic carbocycles. The minimum Gasteiger partial charge on any atom is -0.506 e. The number of ketones is 1. The van der Waals surface area contributed by atoms with Crippen molar-refractivity contribution in [2.75, 3.05) is 0 Å². The number of furan rings is 1. The van der Waals surface area contributed by atoms with E-state index in [-0.39, 0.29) is 11.5 Å². The average molecular weight is 550 g/mol. The van der Waals surface area contributed by atoms with Gasteiger partial charge in [0.1, 0.15) is 11.3 Å². The number of carboxylic acid groups (broad SMARTS) is 1. The van der Waals surface area contributed by atoms with Gasteiger partial charge in [0.05, 0.1) is 7.14 Å². The minimum absolute atomic E-state index is 0.183. The third kappa shape index (κ3) is 4.47. The van der Waals surface area contributed by atoms with Crippen LogP contribution in [-0.4, -0.2) is 22.0 Å². The number of hydrogen-bond acceptors (Lipinski definition) is 4. The smallest absolute Gasteiger partial charge is 0.300 e. The number of halogens is 2. The molecule has 0 radical (unpaired) electrons. The Labute approximate surface area is 165 Å². The molecule has 0 fully saturated rings. The molecule has 2 aromatic carbocycles. The Kier molecular flexibility index (Phi) is 6.21. The Morgan fingerprint density at radius 1 is 1.04 bits per heavy atom. The highest BCUT2D eigenvalue weighted by Gasteiger charge is 2.17. The van der Waals surface area contributed by atoms with E-state index in [0.717, 1.165) is 12.3 Å². The van der Waals surface area contributed by atoms with Gasteiger partial charge in [-0.25, -0.2) is 0 Å². The molecule has 0 aliphatic rings. The lowest BCUT2D eigenvalue weighted by Crippen LogP contribution is -2.01. The summed E-state index contributed by atoms with van der Waals surface area (Å²) in [6.07, 6.45) is 0. The number of para-hydroxylation sites is 1. The van der Waals surface area contributed by atoms with E-state index in [1.807, 2.05) is 69.4 Å². The predicted molar refractivity (Wildman–Crippen MR) is 106 cm³/mol. The molecule has 24 heavy (non-hydrogen) atoms. The van der Waals surface area contributed by atoms with Gasteiger partial charge in [-0.2, -0.15) is 0 Å². The molecule has 0 unspecified atom stereocenters. The maximum absolute atomic E-state index is 12.4. The van der Waals surface area contributed by atoms with Gasteiger partial charge in [-0.15, -0.1) is 0 Å². The standard InChI is InChI=1S/C15H8I2O3.C2H4O2/c16-10-5-9(6-11(17)15(10)19)14(18)13-7-8-3-1-2-4-12(8)20-13;1-2(3)4/h1-7,19H;1H3,(H,3,4). The zero-order valence-electron chi connectivity index (χ0n) is 12.4. The van der Waals surface area contributed by atoms with Crippen LogP contribution in [0.3, 0.4) is 0 Å². The molecular formula is C17H12I2O5. The van der Waals surface area contributed by atoms with Crippen LogP contribution in [0.25, 0.3) is 11.0 Å². The van der Waals surface area contributed by atoms with E-state index in [1.54, 1.807) is 18.2 Å². The quantitative estimate of drug-likeness (QED) is 0.358. The lowest BCUT2D eigenvalue weighted by molar-refractivity contribution is -0.134. The molecule has 3 rings (SSSR count). The van der Waals surface area contributed by atoms with Crippen LogP contribution < -0.4 is 0 Å². The van der Waals surface area contributed by atoms with Crippen LogP contribution >= 0.6 is 45.2 Å². The Morgan fingerprint density at radius 3 is 2.12 bits per heavy atom. The first-order chi connectivity index (χ1) is 11.3. The first-order valence-corrected chi connectivity index (χ1v) is 8.86. The van der Waals surface area contributed by atoms with Gasteiger partial charge >= 0.3 is 0 Å². The summed E-state index contributed by atoms with van der Waals surface area (Å²) >= 11 is 4.01. The zero-order valence-corrected chi connectivity index (χ0v) is 16.7. The van der Waals surface area contributed by atoms with Crippen LogP contribution in [0.1, 0.15) is 23.0 Å². The number of carbonyl (C=O) groups is 2. The molecule has 0 atom stereocenters. The predicted octanol–water partition coefficient (Wildman–Crippen LogP) is 4.67. The number of carbonyl (C=O) groups excluding carboxylic acids is 1. The number of hydrogen-bond donors (Lipinski definition) is 2. The van der Waals surface area contributed by atoms with Crippen molar-refractivity contribution < 1.29 is 24.2 Å². The average Bonchev–Trinajstić information content (AvgIpc) is 2.94. The fraction of sp³-hybridized carbons (Fsp3) is 0.0588. The number of phenolic OH excluding ortho intramolecular Hbond substituents is 1. The summed E-state index contributed by atoms with van der Waals surface area (Å²) in [5.74, 6) is -0.507. The van der Waals surface area contributed by atoms with Crippen molar-refractivity contribution in [1.29, 1.82) is 0 Å². The second-order valence-electron chi connectivity index (χ2n) is 4.79. The third-order valence-electron chi connectivity index (χ3n) is 2.93. The van der Waals surface area contributed by atoms with E-state index >= 15 is 0 Å². The summed E-state index contributed by atoms with van der Waals surface area (Å²) in [4.78, 5) is 21.4. The summed E-state index contributed by atoms with van der Waals surface area (Å²) in [7, 11) is 0. The van der Waals surface area contributed by atoms with Gasteiger partial charge in [-0.3, -0.25) is 9.59 Å². The van der Waals surface area contributed by atoms with Crippen LogP contribution in [0.5, 0.6) is 5.75 Å². The van der Waals surface area contributed by atoms with Gasteiger partial charge in [-0.05, 0) is 69.4 Å². The van der Waals surface area contributed by atoms with E-state index in [1.165, 1.54) is 0 Å². The zero-order chi connectivity index (χ0) is 17.9. The van der Waals surface area contributed by atoms with Crippen LogP contribution in [0.4, 0.5) is 0 Å². The first kappa shape index (κ1) is 18.7. The van der Waals surface area contributed by atoms with Crippen molar-refractivity contribution >= 4 is 67.9 Å². The lowest BCUT2D eigenvalue weighted by atomic mass is 10.1. The fourth-order valence-corrected chi connectivity index (χ4v) is 3.70. The molecular weight excluding hydrogens is 538 g/mol. The summed E-state index contributed by atoms with van der Waals surface area (Å²) in [6.45, 7) is 1.08. The Hall–Kier alpha value is -1.62. The number of aromatic hydroxyl groups is 1. The van der Waals surface area contributed by atoms with Crippen LogP contribution in [-0.2, 0) is 4.79 Å². The molecule has 0 spiro atoms. The Bertz CT molecular complexity index is 854. The molecule has 0 amide bonds. The highest BCUT2D eigenvalue weighted by Crippen LogP contribution is 2.29. The van der Waals surface area contributed by atoms with Gasteiger partial charge in [0.2, 0.25) is 5.78 Å². The van der Waals surface area contributed by atoms with E-state index < -0.39 is 5.97 Å². The molecule has 1 aromatic heterocycles. The molecule has 2 N–H and O–H groups in total. The summed E-state index contributed by atoms with van der Waals surface area (Å²) < 4.78 is 6.87. The number of carboxylic acids is 1. The monoisotopic (exact) mass is 550 g/mol. The Balaban J connectivity index is 0.000000471. The maximum atomic E-state index is 12.4. The number of aliphatic carboxylic acids is 1. The van der Waals surface area contributed by atoms with Gasteiger partial charge < -0.3 is 14.6 Å². The molecule has 0 saturated carbocycles. The molecule has 0 aliphatic heterocycles. The molecule has 0 bridgehead atoms. The summed E-state index contributed by atoms with van der Waals surface area (Å²) in [6, 6.07) is 12.6. The van der Waals surface area contributed by atoms with E-state index in [2.05, 4.69) is 0 Å². The first-order valence-electron chi connectivity index (χ1n) is 6.70. The van der Waals surface area contributed by atoms with Crippen molar-refractivity contribution in [2.24, 2.45) is 0 Å². The topological polar surface area (TPSA) is 87.7 Å². The van der Waals surface area contributed by atoms with Gasteiger partial charge in [0, 0.05) is 17.9 Å². The van der Waals surface area contributed by atoms with Crippen molar-refractivity contribution in [3.05, 3.63) is 60.9 Å². The van der Waals surface area contributed by atoms with E-state index in [9.17, 15) is 9.90 Å². The van der Waals surface area contributed by atoms with Gasteiger partial charge in [0.15, 0.2) is 5.76 Å². The van der Waals surface area contributed by atoms with Crippen LogP contribution in [0.2, 0.25) is 0 Å². The van der Waals surface area contributed by atoms with Crippen LogP contribution in [0.15, 0.2) is 46.9 Å². The second-order valence-corrected chi connectivity index (χ2v) is 7.11. The summed E-state index contributed by atoms with van der Waals surface area (Å²) in [5, 5.41) is 18.1. The van der Waals surface area contributed by atoms with Crippen molar-refractivity contribution in [3.63, 3.8) is 0 Å². The summed E-state index contributed by atoms with van der Waals surface area (Å²) in [5.41, 5.74) is 1.20. The van der Waals surface area contributed by atoms with E-state index in [4.69, 9.17) is 14.3 Å². The van der Waals surface area contributed by atoms with Gasteiger partial charge in [0.25, 0.3) is 5.97 Å². The Morgan fingerprint density at radius 2 is 1.58 bits per heavy atom. The molecule has 124 valence electrons. The number of benzene rings is 2. The number of fused-ring (bicyclic) bond motifs is 1. The van der Waals surface area contributed by atoms with Crippen LogP contribution in [0, 0.1) is 7.14 Å². The molecule has 5 nitrogen and oxygen atoms in total. The SMILES string of the molecule is CC(=O)O.O=C(c1cc(I)c(O)c(I)c1)c1cc2ccccc2o1. The van der Waals surface area contributed by atoms with Crippen molar-refractivity contribution in [2.45, 2.75) is 6.92 Å². The largest absolute Gasteiger partial charge is 0.506 e. The maximum Gasteiger partial charge on any atom is 0.300 e. The fourth-order valence-electron chi connectivity index (χ4n) is 1.93. The third-order valence-corrected chi connectivity index (χ3v) is 4.57.